The molecule has 2 aliphatic heterocycles. The van der Waals surface area contributed by atoms with E-state index >= 15 is 0 Å². The summed E-state index contributed by atoms with van der Waals surface area (Å²) in [5, 5.41) is 12.2. The van der Waals surface area contributed by atoms with Gasteiger partial charge in [-0.25, -0.2) is 9.59 Å². The molecular formula is C24H27NO8. The number of nitrogens with one attached hydrogen (secondary N) is 1. The van der Waals surface area contributed by atoms with Crippen molar-refractivity contribution in [1.82, 2.24) is 5.32 Å². The van der Waals surface area contributed by atoms with Crippen LogP contribution in [-0.2, 0) is 41.7 Å². The molecule has 9 heteroatoms. The van der Waals surface area contributed by atoms with Crippen molar-refractivity contribution in [3.8, 4) is 0 Å². The van der Waals surface area contributed by atoms with Gasteiger partial charge in [0.25, 0.3) is 0 Å². The van der Waals surface area contributed by atoms with Crippen LogP contribution in [0.15, 0.2) is 60.7 Å². The summed E-state index contributed by atoms with van der Waals surface area (Å²) >= 11 is 0. The van der Waals surface area contributed by atoms with E-state index in [1.54, 1.807) is 26.0 Å². The number of carboxylic acid groups (broad SMARTS) is 1. The van der Waals surface area contributed by atoms with Gasteiger partial charge in [-0.3, -0.25) is 0 Å². The first-order valence-corrected chi connectivity index (χ1v) is 10.7. The average molecular weight is 457 g/mol. The Kier molecular flexibility index (Phi) is 6.94. The van der Waals surface area contributed by atoms with Crippen molar-refractivity contribution in [1.29, 1.82) is 0 Å². The average Bonchev–Trinajstić information content (AvgIpc) is 3.27. The summed E-state index contributed by atoms with van der Waals surface area (Å²) < 4.78 is 28.8. The van der Waals surface area contributed by atoms with Crippen LogP contribution in [-0.4, -0.2) is 53.6 Å². The van der Waals surface area contributed by atoms with Gasteiger partial charge in [0, 0.05) is 0 Å². The van der Waals surface area contributed by atoms with Crippen LogP contribution in [0.5, 0.6) is 0 Å². The highest BCUT2D eigenvalue weighted by molar-refractivity contribution is 5.80. The maximum Gasteiger partial charge on any atom is 0.408 e. The van der Waals surface area contributed by atoms with Crippen LogP contribution >= 0.6 is 0 Å². The Morgan fingerprint density at radius 1 is 1.00 bits per heavy atom. The molecule has 176 valence electrons. The van der Waals surface area contributed by atoms with Crippen molar-refractivity contribution in [3.05, 3.63) is 71.8 Å². The zero-order valence-corrected chi connectivity index (χ0v) is 18.4. The fourth-order valence-corrected chi connectivity index (χ4v) is 3.90. The Balaban J connectivity index is 1.46. The third kappa shape index (κ3) is 5.69. The van der Waals surface area contributed by atoms with Crippen LogP contribution in [0.1, 0.15) is 25.0 Å². The van der Waals surface area contributed by atoms with E-state index in [9.17, 15) is 14.7 Å². The van der Waals surface area contributed by atoms with Crippen molar-refractivity contribution in [2.24, 2.45) is 0 Å². The third-order valence-electron chi connectivity index (χ3n) is 5.39. The molecular weight excluding hydrogens is 430 g/mol. The number of aliphatic carboxylic acids is 1. The summed E-state index contributed by atoms with van der Waals surface area (Å²) in [6.07, 6.45) is -4.21. The lowest BCUT2D eigenvalue weighted by molar-refractivity contribution is -0.222. The topological polar surface area (TPSA) is 113 Å². The Morgan fingerprint density at radius 3 is 2.21 bits per heavy atom. The van der Waals surface area contributed by atoms with Crippen molar-refractivity contribution < 1.29 is 38.4 Å². The monoisotopic (exact) mass is 457 g/mol. The highest BCUT2D eigenvalue weighted by Gasteiger charge is 2.58. The number of alkyl carbamates (subject to hydrolysis) is 1. The minimum absolute atomic E-state index is 0.00410. The molecule has 0 aromatic heterocycles. The first kappa shape index (κ1) is 23.2. The molecule has 4 rings (SSSR count). The molecule has 2 aliphatic rings. The largest absolute Gasteiger partial charge is 0.480 e. The van der Waals surface area contributed by atoms with Crippen LogP contribution in [0.2, 0.25) is 0 Å². The quantitative estimate of drug-likeness (QED) is 0.622. The minimum Gasteiger partial charge on any atom is -0.480 e. The maximum absolute atomic E-state index is 12.4. The molecule has 1 amide bonds. The van der Waals surface area contributed by atoms with Gasteiger partial charge in [-0.05, 0) is 25.0 Å². The molecule has 2 N–H and O–H groups in total. The molecule has 33 heavy (non-hydrogen) atoms. The van der Waals surface area contributed by atoms with E-state index in [1.165, 1.54) is 0 Å². The van der Waals surface area contributed by atoms with Gasteiger partial charge in [-0.1, -0.05) is 60.7 Å². The summed E-state index contributed by atoms with van der Waals surface area (Å²) in [7, 11) is 0. The van der Waals surface area contributed by atoms with Gasteiger partial charge in [0.2, 0.25) is 0 Å². The number of fused-ring (bicyclic) bond motifs is 1. The number of rotatable bonds is 8. The van der Waals surface area contributed by atoms with Gasteiger partial charge >= 0.3 is 12.1 Å². The number of carbonyl (C=O) groups is 2. The first-order chi connectivity index (χ1) is 15.8. The van der Waals surface area contributed by atoms with Crippen molar-refractivity contribution in [2.75, 3.05) is 0 Å². The third-order valence-corrected chi connectivity index (χ3v) is 5.39. The standard InChI is InChI=1S/C24H27NO8/c1-24(2)32-20-19(29-13-15-9-5-3-6-10-15)18(31-22(20)33-24)17(21(26)27)25-23(28)30-14-16-11-7-4-8-12-16/h3-12,17-20,22H,13-14H2,1-2H3,(H,25,28)(H,26,27)/t17-,18-,19+,20-,22-/m1/s1. The number of ether oxygens (including phenoxy) is 5. The van der Waals surface area contributed by atoms with Crippen LogP contribution in [0.3, 0.4) is 0 Å². The van der Waals surface area contributed by atoms with Gasteiger partial charge in [-0.2, -0.15) is 0 Å². The van der Waals surface area contributed by atoms with E-state index in [0.29, 0.717) is 0 Å². The lowest BCUT2D eigenvalue weighted by Crippen LogP contribution is -2.54. The highest BCUT2D eigenvalue weighted by Crippen LogP contribution is 2.40. The minimum atomic E-state index is -1.44. The van der Waals surface area contributed by atoms with Gasteiger partial charge in [0.05, 0.1) is 6.61 Å². The molecule has 2 heterocycles. The van der Waals surface area contributed by atoms with Gasteiger partial charge in [0.15, 0.2) is 18.1 Å². The van der Waals surface area contributed by atoms with Crippen molar-refractivity contribution in [2.45, 2.75) is 63.5 Å². The molecule has 0 saturated carbocycles. The van der Waals surface area contributed by atoms with Crippen molar-refractivity contribution in [3.63, 3.8) is 0 Å². The van der Waals surface area contributed by atoms with E-state index in [1.807, 2.05) is 48.5 Å². The molecule has 0 bridgehead atoms. The predicted octanol–water partition coefficient (Wildman–Crippen LogP) is 2.83. The number of benzene rings is 2. The second-order valence-corrected chi connectivity index (χ2v) is 8.35. The Bertz CT molecular complexity index is 951. The molecule has 0 radical (unpaired) electrons. The van der Waals surface area contributed by atoms with Crippen LogP contribution in [0.4, 0.5) is 4.79 Å². The molecule has 0 aliphatic carbocycles. The van der Waals surface area contributed by atoms with E-state index in [4.69, 9.17) is 23.7 Å². The molecule has 5 atom stereocenters. The van der Waals surface area contributed by atoms with Gasteiger partial charge < -0.3 is 34.1 Å². The second kappa shape index (κ2) is 9.88. The smallest absolute Gasteiger partial charge is 0.408 e. The molecule has 0 unspecified atom stereocenters. The second-order valence-electron chi connectivity index (χ2n) is 8.35. The van der Waals surface area contributed by atoms with E-state index in [-0.39, 0.29) is 13.2 Å². The molecule has 9 nitrogen and oxygen atoms in total. The van der Waals surface area contributed by atoms with Gasteiger partial charge in [0.1, 0.15) is 24.9 Å². The zero-order chi connectivity index (χ0) is 23.4. The lowest BCUT2D eigenvalue weighted by Gasteiger charge is -2.29. The van der Waals surface area contributed by atoms with E-state index < -0.39 is 48.5 Å². The van der Waals surface area contributed by atoms with Crippen LogP contribution < -0.4 is 5.32 Å². The van der Waals surface area contributed by atoms with E-state index in [0.717, 1.165) is 11.1 Å². The number of carboxylic acids is 1. The Morgan fingerprint density at radius 2 is 1.61 bits per heavy atom. The Labute approximate surface area is 191 Å². The maximum atomic E-state index is 12.4. The fraction of sp³-hybridized carbons (Fsp3) is 0.417. The molecule has 2 aromatic rings. The lowest BCUT2D eigenvalue weighted by atomic mass is 10.0. The van der Waals surface area contributed by atoms with Crippen LogP contribution in [0, 0.1) is 0 Å². The summed E-state index contributed by atoms with van der Waals surface area (Å²) in [5.41, 5.74) is 1.68. The number of amides is 1. The Hall–Kier alpha value is -2.98. The molecule has 2 fully saturated rings. The van der Waals surface area contributed by atoms with Crippen molar-refractivity contribution >= 4 is 12.1 Å². The first-order valence-electron chi connectivity index (χ1n) is 10.7. The number of hydrogen-bond donors (Lipinski definition) is 2. The molecule has 2 aromatic carbocycles. The molecule has 2 saturated heterocycles. The normalized spacial score (nSPS) is 26.4. The van der Waals surface area contributed by atoms with Crippen LogP contribution in [0.25, 0.3) is 0 Å². The fourth-order valence-electron chi connectivity index (χ4n) is 3.90. The number of hydrogen-bond acceptors (Lipinski definition) is 7. The van der Waals surface area contributed by atoms with E-state index in [2.05, 4.69) is 5.32 Å². The SMILES string of the molecule is CC1(C)O[C@H]2O[C@H]([C@@H](NC(=O)OCc3ccccc3)C(=O)O)[C@H](OCc3ccccc3)[C@H]2O1. The van der Waals surface area contributed by atoms with Gasteiger partial charge in [-0.15, -0.1) is 0 Å². The number of carbonyl (C=O) groups excluding carboxylic acids is 1. The predicted molar refractivity (Wildman–Crippen MR) is 115 cm³/mol. The molecule has 0 spiro atoms. The summed E-state index contributed by atoms with van der Waals surface area (Å²) in [4.78, 5) is 24.4. The summed E-state index contributed by atoms with van der Waals surface area (Å²) in [5.74, 6) is -2.20. The highest BCUT2D eigenvalue weighted by atomic mass is 16.8. The summed E-state index contributed by atoms with van der Waals surface area (Å²) in [6, 6.07) is 17.1. The summed E-state index contributed by atoms with van der Waals surface area (Å²) in [6.45, 7) is 3.70. The zero-order valence-electron chi connectivity index (χ0n) is 18.4.